The summed E-state index contributed by atoms with van der Waals surface area (Å²) in [5.41, 5.74) is 5.00. The number of nitrogens with two attached hydrogens (primary N) is 1. The van der Waals surface area contributed by atoms with Crippen molar-refractivity contribution in [3.05, 3.63) is 0 Å². The summed E-state index contributed by atoms with van der Waals surface area (Å²) in [4.78, 5) is 19.2. The van der Waals surface area contributed by atoms with E-state index in [0.717, 1.165) is 0 Å². The molecule has 0 aliphatic rings. The summed E-state index contributed by atoms with van der Waals surface area (Å²) < 4.78 is 19.5. The Morgan fingerprint density at radius 3 is 2.24 bits per heavy atom. The number of carboxylic acids is 1. The number of aliphatic hydroxyl groups is 2. The molecule has 0 bridgehead atoms. The molecule has 0 rings (SSSR count). The molecule has 0 spiro atoms. The van der Waals surface area contributed by atoms with Crippen LogP contribution in [0.1, 0.15) is 0 Å². The SMILES string of the molecule is N[C@@H](COP(=O)(O)OCC(O)CO)C(=O)O.[Na]. The summed E-state index contributed by atoms with van der Waals surface area (Å²) in [5.74, 6) is -1.39. The Hall–Kier alpha value is 0.460. The zero-order chi connectivity index (χ0) is 12.8. The summed E-state index contributed by atoms with van der Waals surface area (Å²) in [6.45, 7) is -1.97. The van der Waals surface area contributed by atoms with Crippen molar-refractivity contribution in [3.8, 4) is 0 Å². The first-order chi connectivity index (χ1) is 7.28. The fourth-order valence-corrected chi connectivity index (χ4v) is 1.30. The Labute approximate surface area is 119 Å². The van der Waals surface area contributed by atoms with Gasteiger partial charge < -0.3 is 25.9 Å². The first-order valence-corrected chi connectivity index (χ1v) is 5.67. The molecule has 1 radical (unpaired) electrons. The average Bonchev–Trinajstić information content (AvgIpc) is 2.22. The van der Waals surface area contributed by atoms with Crippen LogP contribution in [0.2, 0.25) is 0 Å². The third-order valence-electron chi connectivity index (χ3n) is 1.38. The van der Waals surface area contributed by atoms with Crippen LogP contribution in [0.4, 0.5) is 0 Å². The number of phosphoric acid groups is 1. The monoisotopic (exact) mass is 282 g/mol. The van der Waals surface area contributed by atoms with Gasteiger partial charge in [-0.2, -0.15) is 0 Å². The van der Waals surface area contributed by atoms with Crippen LogP contribution < -0.4 is 5.73 Å². The molecule has 3 atom stereocenters. The third kappa shape index (κ3) is 10.1. The molecule has 0 aromatic carbocycles. The van der Waals surface area contributed by atoms with E-state index in [2.05, 4.69) is 9.05 Å². The van der Waals surface area contributed by atoms with E-state index >= 15 is 0 Å². The van der Waals surface area contributed by atoms with Crippen LogP contribution in [0.25, 0.3) is 0 Å². The minimum atomic E-state index is -4.47. The Bertz CT molecular complexity index is 277. The summed E-state index contributed by atoms with van der Waals surface area (Å²) in [5, 5.41) is 25.5. The third-order valence-corrected chi connectivity index (χ3v) is 2.33. The molecule has 0 saturated carbocycles. The minimum absolute atomic E-state index is 0. The number of aliphatic carboxylic acids is 1. The first kappa shape index (κ1) is 19.8. The quantitative estimate of drug-likeness (QED) is 0.239. The Morgan fingerprint density at radius 1 is 1.35 bits per heavy atom. The minimum Gasteiger partial charge on any atom is -0.480 e. The van der Waals surface area contributed by atoms with E-state index in [-0.39, 0.29) is 29.6 Å². The standard InChI is InChI=1S/C6H14NO8P.Na/c7-5(6(10)11)3-15-16(12,13)14-2-4(9)1-8;/h4-5,8-9H,1-3,7H2,(H,10,11)(H,12,13);/t4?,5-;/m0./s1. The van der Waals surface area contributed by atoms with E-state index in [4.69, 9.17) is 25.9 Å². The second kappa shape index (κ2) is 9.40. The molecular formula is C6H14NNaO8P. The fraction of sp³-hybridized carbons (Fsp3) is 0.833. The van der Waals surface area contributed by atoms with Gasteiger partial charge in [0.15, 0.2) is 0 Å². The van der Waals surface area contributed by atoms with Crippen LogP contribution in [-0.4, -0.2) is 87.7 Å². The predicted molar refractivity (Wildman–Crippen MR) is 56.2 cm³/mol. The molecule has 6 N–H and O–H groups in total. The molecule has 0 heterocycles. The zero-order valence-electron chi connectivity index (χ0n) is 9.22. The number of aliphatic hydroxyl groups excluding tert-OH is 2. The maximum atomic E-state index is 11.0. The molecule has 9 nitrogen and oxygen atoms in total. The summed E-state index contributed by atoms with van der Waals surface area (Å²) >= 11 is 0. The van der Waals surface area contributed by atoms with E-state index in [1.807, 2.05) is 0 Å². The van der Waals surface area contributed by atoms with Crippen molar-refractivity contribution in [1.29, 1.82) is 0 Å². The van der Waals surface area contributed by atoms with E-state index in [9.17, 15) is 9.36 Å². The summed E-state index contributed by atoms with van der Waals surface area (Å²) in [7, 11) is -4.47. The largest absolute Gasteiger partial charge is 0.480 e. The fourth-order valence-electron chi connectivity index (χ4n) is 0.516. The maximum Gasteiger partial charge on any atom is 0.472 e. The van der Waals surface area contributed by atoms with Gasteiger partial charge in [0.25, 0.3) is 0 Å². The van der Waals surface area contributed by atoms with Crippen LogP contribution in [0.3, 0.4) is 0 Å². The number of hydrogen-bond donors (Lipinski definition) is 5. The topological polar surface area (TPSA) is 160 Å². The van der Waals surface area contributed by atoms with Crippen LogP contribution in [0.5, 0.6) is 0 Å². The number of carbonyl (C=O) groups is 1. The Morgan fingerprint density at radius 2 is 1.82 bits per heavy atom. The van der Waals surface area contributed by atoms with E-state index in [0.29, 0.717) is 0 Å². The van der Waals surface area contributed by atoms with Crippen molar-refractivity contribution in [2.24, 2.45) is 5.73 Å². The smallest absolute Gasteiger partial charge is 0.472 e. The Kier molecular flexibility index (Phi) is 10.9. The van der Waals surface area contributed by atoms with Gasteiger partial charge in [-0.15, -0.1) is 0 Å². The summed E-state index contributed by atoms with van der Waals surface area (Å²) in [6, 6.07) is -1.45. The van der Waals surface area contributed by atoms with Crippen molar-refractivity contribution in [1.82, 2.24) is 0 Å². The van der Waals surface area contributed by atoms with Gasteiger partial charge >= 0.3 is 13.8 Å². The molecule has 11 heteroatoms. The van der Waals surface area contributed by atoms with Crippen LogP contribution >= 0.6 is 7.82 Å². The van der Waals surface area contributed by atoms with Crippen LogP contribution in [-0.2, 0) is 18.4 Å². The Balaban J connectivity index is 0. The normalized spacial score (nSPS) is 17.6. The van der Waals surface area contributed by atoms with Crippen molar-refractivity contribution in [2.45, 2.75) is 12.1 Å². The number of hydrogen-bond acceptors (Lipinski definition) is 7. The van der Waals surface area contributed by atoms with Gasteiger partial charge in [-0.1, -0.05) is 0 Å². The number of carboxylic acid groups (broad SMARTS) is 1. The molecule has 0 aliphatic carbocycles. The molecule has 0 aromatic rings. The van der Waals surface area contributed by atoms with Crippen LogP contribution in [0, 0.1) is 0 Å². The van der Waals surface area contributed by atoms with Crippen molar-refractivity contribution < 1.29 is 38.6 Å². The first-order valence-electron chi connectivity index (χ1n) is 4.17. The van der Waals surface area contributed by atoms with Crippen molar-refractivity contribution in [3.63, 3.8) is 0 Å². The molecule has 0 fully saturated rings. The molecule has 0 saturated heterocycles. The van der Waals surface area contributed by atoms with E-state index < -0.39 is 45.8 Å². The van der Waals surface area contributed by atoms with Crippen LogP contribution in [0.15, 0.2) is 0 Å². The molecule has 17 heavy (non-hydrogen) atoms. The van der Waals surface area contributed by atoms with Crippen molar-refractivity contribution >= 4 is 43.3 Å². The average molecular weight is 282 g/mol. The van der Waals surface area contributed by atoms with Gasteiger partial charge in [0, 0.05) is 29.6 Å². The number of phosphoric ester groups is 1. The zero-order valence-corrected chi connectivity index (χ0v) is 12.1. The summed E-state index contributed by atoms with van der Waals surface area (Å²) in [6.07, 6.45) is -1.32. The molecular weight excluding hydrogens is 268 g/mol. The van der Waals surface area contributed by atoms with Gasteiger partial charge in [-0.3, -0.25) is 13.8 Å². The maximum absolute atomic E-state index is 11.0. The van der Waals surface area contributed by atoms with Gasteiger partial charge in [-0.25, -0.2) is 4.57 Å². The van der Waals surface area contributed by atoms with E-state index in [1.165, 1.54) is 0 Å². The van der Waals surface area contributed by atoms with Gasteiger partial charge in [0.1, 0.15) is 12.1 Å². The van der Waals surface area contributed by atoms with Gasteiger partial charge in [0.05, 0.1) is 19.8 Å². The molecule has 97 valence electrons. The van der Waals surface area contributed by atoms with E-state index in [1.54, 1.807) is 0 Å². The molecule has 2 unspecified atom stereocenters. The van der Waals surface area contributed by atoms with Gasteiger partial charge in [0.2, 0.25) is 0 Å². The second-order valence-corrected chi connectivity index (χ2v) is 4.29. The van der Waals surface area contributed by atoms with Gasteiger partial charge in [-0.05, 0) is 0 Å². The second-order valence-electron chi connectivity index (χ2n) is 2.84. The van der Waals surface area contributed by atoms with Crippen molar-refractivity contribution in [2.75, 3.05) is 19.8 Å². The molecule has 0 aromatic heterocycles. The molecule has 0 aliphatic heterocycles. The molecule has 0 amide bonds. The number of rotatable bonds is 8. The predicted octanol–water partition coefficient (Wildman–Crippen LogP) is -2.50.